The minimum atomic E-state index is -0.0771. The molecular weight excluding hydrogens is 208 g/mol. The summed E-state index contributed by atoms with van der Waals surface area (Å²) in [6.07, 6.45) is 2.62. The van der Waals surface area contributed by atoms with Gasteiger partial charge in [0.15, 0.2) is 4.77 Å². The highest BCUT2D eigenvalue weighted by molar-refractivity contribution is 7.71. The molecule has 2 saturated carbocycles. The maximum absolute atomic E-state index is 11.3. The number of aromatic amines is 2. The number of hydrogen-bond donors (Lipinski definition) is 2. The molecule has 1 aromatic heterocycles. The van der Waals surface area contributed by atoms with Gasteiger partial charge in [-0.1, -0.05) is 6.92 Å². The average Bonchev–Trinajstić information content (AvgIpc) is 2.63. The van der Waals surface area contributed by atoms with Gasteiger partial charge in [-0.3, -0.25) is 9.78 Å². The summed E-state index contributed by atoms with van der Waals surface area (Å²) in [6.45, 7) is 2.31. The Balaban J connectivity index is 1.91. The third kappa shape index (κ3) is 1.47. The van der Waals surface area contributed by atoms with E-state index in [0.29, 0.717) is 10.7 Å². The molecule has 1 aromatic rings. The van der Waals surface area contributed by atoms with Crippen molar-refractivity contribution in [1.29, 1.82) is 0 Å². The molecule has 2 aliphatic rings. The molecule has 80 valence electrons. The van der Waals surface area contributed by atoms with Crippen LogP contribution in [0.2, 0.25) is 0 Å². The first-order valence-electron chi connectivity index (χ1n) is 5.48. The lowest BCUT2D eigenvalue weighted by atomic mass is 10.0. The van der Waals surface area contributed by atoms with Crippen LogP contribution in [0.25, 0.3) is 0 Å². The maximum Gasteiger partial charge on any atom is 0.251 e. The van der Waals surface area contributed by atoms with E-state index in [4.69, 9.17) is 12.2 Å². The first kappa shape index (κ1) is 9.33. The van der Waals surface area contributed by atoms with Crippen molar-refractivity contribution in [3.8, 4) is 0 Å². The summed E-state index contributed by atoms with van der Waals surface area (Å²) in [5.41, 5.74) is 0.970. The topological polar surface area (TPSA) is 48.6 Å². The summed E-state index contributed by atoms with van der Waals surface area (Å²) in [4.78, 5) is 17.0. The van der Waals surface area contributed by atoms with E-state index in [2.05, 4.69) is 16.9 Å². The van der Waals surface area contributed by atoms with Crippen LogP contribution in [-0.4, -0.2) is 9.97 Å². The molecule has 2 unspecified atom stereocenters. The van der Waals surface area contributed by atoms with Crippen LogP contribution < -0.4 is 5.56 Å². The highest BCUT2D eigenvalue weighted by Crippen LogP contribution is 2.64. The molecule has 0 saturated heterocycles. The third-order valence-electron chi connectivity index (χ3n) is 3.82. The summed E-state index contributed by atoms with van der Waals surface area (Å²) < 4.78 is 0.454. The van der Waals surface area contributed by atoms with Crippen molar-refractivity contribution in [2.75, 3.05) is 0 Å². The second-order valence-corrected chi connectivity index (χ2v) is 5.38. The van der Waals surface area contributed by atoms with E-state index >= 15 is 0 Å². The fraction of sp³-hybridized carbons (Fsp3) is 0.636. The van der Waals surface area contributed by atoms with Crippen LogP contribution in [0.4, 0.5) is 0 Å². The fourth-order valence-electron chi connectivity index (χ4n) is 3.24. The SMILES string of the molecule is CC1C[C@@H]2C(c3cc(=O)[nH]c(=S)[nH]3)[C@@H]2C1. The Bertz CT molecular complexity index is 464. The Morgan fingerprint density at radius 3 is 2.60 bits per heavy atom. The van der Waals surface area contributed by atoms with Gasteiger partial charge in [0.2, 0.25) is 0 Å². The van der Waals surface area contributed by atoms with Crippen molar-refractivity contribution in [3.05, 3.63) is 26.9 Å². The Kier molecular flexibility index (Phi) is 1.89. The van der Waals surface area contributed by atoms with Crippen molar-refractivity contribution < 1.29 is 0 Å². The molecule has 0 radical (unpaired) electrons. The van der Waals surface area contributed by atoms with Crippen molar-refractivity contribution >= 4 is 12.2 Å². The van der Waals surface area contributed by atoms with Gasteiger partial charge in [-0.05, 0) is 42.8 Å². The van der Waals surface area contributed by atoms with Gasteiger partial charge >= 0.3 is 0 Å². The van der Waals surface area contributed by atoms with Gasteiger partial charge in [-0.2, -0.15) is 0 Å². The highest BCUT2D eigenvalue weighted by atomic mass is 32.1. The zero-order valence-corrected chi connectivity index (χ0v) is 9.43. The molecule has 2 N–H and O–H groups in total. The molecule has 4 heteroatoms. The zero-order valence-electron chi connectivity index (χ0n) is 8.62. The van der Waals surface area contributed by atoms with Crippen molar-refractivity contribution in [2.24, 2.45) is 17.8 Å². The number of nitrogens with one attached hydrogen (secondary N) is 2. The largest absolute Gasteiger partial charge is 0.336 e. The summed E-state index contributed by atoms with van der Waals surface area (Å²) in [5.74, 6) is 3.03. The number of hydrogen-bond acceptors (Lipinski definition) is 2. The molecule has 0 amide bonds. The lowest BCUT2D eigenvalue weighted by Crippen LogP contribution is -2.09. The van der Waals surface area contributed by atoms with E-state index in [1.54, 1.807) is 6.07 Å². The van der Waals surface area contributed by atoms with E-state index in [1.165, 1.54) is 12.8 Å². The van der Waals surface area contributed by atoms with Crippen LogP contribution in [0.3, 0.4) is 0 Å². The van der Waals surface area contributed by atoms with Gasteiger partial charge in [-0.15, -0.1) is 0 Å². The standard InChI is InChI=1S/C11H14N2OS/c1-5-2-6-7(3-5)10(6)8-4-9(14)13-11(15)12-8/h4-7,10H,2-3H2,1H3,(H2,12,13,14,15)/t5?,6-,7+,10?. The van der Waals surface area contributed by atoms with E-state index < -0.39 is 0 Å². The van der Waals surface area contributed by atoms with Crippen molar-refractivity contribution in [3.63, 3.8) is 0 Å². The molecule has 3 rings (SSSR count). The Morgan fingerprint density at radius 1 is 1.33 bits per heavy atom. The van der Waals surface area contributed by atoms with Crippen molar-refractivity contribution in [1.82, 2.24) is 9.97 Å². The molecule has 3 nitrogen and oxygen atoms in total. The monoisotopic (exact) mass is 222 g/mol. The van der Waals surface area contributed by atoms with Crippen LogP contribution >= 0.6 is 12.2 Å². The summed E-state index contributed by atoms with van der Waals surface area (Å²) in [7, 11) is 0. The van der Waals surface area contributed by atoms with Crippen LogP contribution in [0.1, 0.15) is 31.4 Å². The quantitative estimate of drug-likeness (QED) is 0.716. The Hall–Kier alpha value is -0.900. The minimum Gasteiger partial charge on any atom is -0.336 e. The highest BCUT2D eigenvalue weighted by Gasteiger charge is 2.55. The predicted molar refractivity (Wildman–Crippen MR) is 60.4 cm³/mol. The van der Waals surface area contributed by atoms with Crippen LogP contribution in [0.15, 0.2) is 10.9 Å². The number of H-pyrrole nitrogens is 2. The second kappa shape index (κ2) is 3.04. The van der Waals surface area contributed by atoms with E-state index in [1.807, 2.05) is 0 Å². The molecular formula is C11H14N2OS. The summed E-state index contributed by atoms with van der Waals surface area (Å²) in [6, 6.07) is 1.67. The molecule has 15 heavy (non-hydrogen) atoms. The zero-order chi connectivity index (χ0) is 10.6. The predicted octanol–water partition coefficient (Wildman–Crippen LogP) is 2.19. The van der Waals surface area contributed by atoms with E-state index in [9.17, 15) is 4.79 Å². The van der Waals surface area contributed by atoms with Crippen LogP contribution in [0.5, 0.6) is 0 Å². The number of fused-ring (bicyclic) bond motifs is 1. The average molecular weight is 222 g/mol. The van der Waals surface area contributed by atoms with Gasteiger partial charge < -0.3 is 4.98 Å². The van der Waals surface area contributed by atoms with Crippen molar-refractivity contribution in [2.45, 2.75) is 25.7 Å². The Labute approximate surface area is 92.9 Å². The smallest absolute Gasteiger partial charge is 0.251 e. The Morgan fingerprint density at radius 2 is 2.00 bits per heavy atom. The minimum absolute atomic E-state index is 0.0771. The second-order valence-electron chi connectivity index (χ2n) is 4.97. The summed E-state index contributed by atoms with van der Waals surface area (Å²) >= 11 is 4.98. The molecule has 0 aromatic carbocycles. The molecule has 2 fully saturated rings. The van der Waals surface area contributed by atoms with Gasteiger partial charge in [-0.25, -0.2) is 0 Å². The molecule has 4 atom stereocenters. The number of rotatable bonds is 1. The number of aromatic nitrogens is 2. The molecule has 1 heterocycles. The van der Waals surface area contributed by atoms with E-state index in [0.717, 1.165) is 23.4 Å². The molecule has 0 aliphatic heterocycles. The van der Waals surface area contributed by atoms with Crippen LogP contribution in [-0.2, 0) is 0 Å². The lowest BCUT2D eigenvalue weighted by molar-refractivity contribution is 0.509. The van der Waals surface area contributed by atoms with Gasteiger partial charge in [0.25, 0.3) is 5.56 Å². The van der Waals surface area contributed by atoms with Gasteiger partial charge in [0, 0.05) is 17.7 Å². The van der Waals surface area contributed by atoms with E-state index in [-0.39, 0.29) is 5.56 Å². The fourth-order valence-corrected chi connectivity index (χ4v) is 3.46. The van der Waals surface area contributed by atoms with Gasteiger partial charge in [0.1, 0.15) is 0 Å². The molecule has 2 aliphatic carbocycles. The van der Waals surface area contributed by atoms with Crippen LogP contribution in [0, 0.1) is 22.5 Å². The summed E-state index contributed by atoms with van der Waals surface area (Å²) in [5, 5.41) is 0. The molecule has 0 bridgehead atoms. The normalized spacial score (nSPS) is 37.7. The maximum atomic E-state index is 11.3. The first-order chi connectivity index (χ1) is 7.15. The lowest BCUT2D eigenvalue weighted by Gasteiger charge is -2.07. The first-order valence-corrected chi connectivity index (χ1v) is 5.89. The van der Waals surface area contributed by atoms with Gasteiger partial charge in [0.05, 0.1) is 0 Å². The third-order valence-corrected chi connectivity index (χ3v) is 4.03. The molecule has 0 spiro atoms.